The summed E-state index contributed by atoms with van der Waals surface area (Å²) in [6.45, 7) is 0. The summed E-state index contributed by atoms with van der Waals surface area (Å²) in [6, 6.07) is 0. The molecule has 2 N–H and O–H groups in total. The first-order chi connectivity index (χ1) is 8.21. The Hall–Kier alpha value is 2.52. The zero-order chi connectivity index (χ0) is 14.1. The van der Waals surface area contributed by atoms with Crippen molar-refractivity contribution in [1.29, 1.82) is 0 Å². The molecule has 0 saturated heterocycles. The summed E-state index contributed by atoms with van der Waals surface area (Å²) < 4.78 is 58.5. The third-order valence-corrected chi connectivity index (χ3v) is 6.03. The molecule has 0 aliphatic rings. The van der Waals surface area contributed by atoms with Crippen LogP contribution in [-0.4, -0.2) is 49.0 Å². The molecule has 0 bridgehead atoms. The van der Waals surface area contributed by atoms with E-state index in [4.69, 9.17) is 9.11 Å². The summed E-state index contributed by atoms with van der Waals surface area (Å²) in [6.07, 6.45) is 2.30. The normalized spacial score (nSPS) is 11.5. The summed E-state index contributed by atoms with van der Waals surface area (Å²) in [5.74, 6) is 1.18. The SMILES string of the molecule is O=S(=O)(O)CCCCSSCCCCS(=O)(=O)O.[H-].[H-].[Na+].[Na+]. The van der Waals surface area contributed by atoms with E-state index in [-0.39, 0.29) is 73.5 Å². The Bertz CT molecular complexity index is 380. The van der Waals surface area contributed by atoms with Gasteiger partial charge in [0.05, 0.1) is 11.5 Å². The quantitative estimate of drug-likeness (QED) is 0.160. The van der Waals surface area contributed by atoms with Crippen molar-refractivity contribution in [2.75, 3.05) is 23.0 Å². The molecule has 0 amide bonds. The van der Waals surface area contributed by atoms with Crippen LogP contribution in [0.1, 0.15) is 28.5 Å². The maximum Gasteiger partial charge on any atom is 1.00 e. The standard InChI is InChI=1S/C8H18O6S4.2Na.2H/c9-17(10,11)7-3-1-5-15-16-6-2-4-8-18(12,13)14;;;;/h1-8H2,(H,9,10,11)(H,12,13,14);;;;/q;2*+1;2*-1. The molecule has 0 heterocycles. The largest absolute Gasteiger partial charge is 1.00 e. The molecule has 0 unspecified atom stereocenters. The van der Waals surface area contributed by atoms with E-state index in [0.29, 0.717) is 25.7 Å². The number of rotatable bonds is 11. The molecular formula is C8H20Na2O6S4. The molecule has 0 aromatic carbocycles. The van der Waals surface area contributed by atoms with Crippen LogP contribution in [0.3, 0.4) is 0 Å². The van der Waals surface area contributed by atoms with Crippen LogP contribution in [0.15, 0.2) is 0 Å². The zero-order valence-electron chi connectivity index (χ0n) is 13.8. The van der Waals surface area contributed by atoms with Crippen LogP contribution in [-0.2, 0) is 20.2 Å². The van der Waals surface area contributed by atoms with Crippen LogP contribution in [0.5, 0.6) is 0 Å². The molecule has 0 spiro atoms. The molecule has 0 aliphatic heterocycles. The van der Waals surface area contributed by atoms with Crippen LogP contribution >= 0.6 is 21.6 Å². The fourth-order valence-electron chi connectivity index (χ4n) is 1.01. The average Bonchev–Trinajstić information content (AvgIpc) is 2.17. The summed E-state index contributed by atoms with van der Waals surface area (Å²) in [5, 5.41) is 0. The summed E-state index contributed by atoms with van der Waals surface area (Å²) >= 11 is 0. The van der Waals surface area contributed by atoms with Gasteiger partial charge in [0.25, 0.3) is 20.2 Å². The van der Waals surface area contributed by atoms with Crippen molar-refractivity contribution < 1.29 is 87.9 Å². The van der Waals surface area contributed by atoms with E-state index >= 15 is 0 Å². The van der Waals surface area contributed by atoms with E-state index in [1.807, 2.05) is 0 Å². The fraction of sp³-hybridized carbons (Fsp3) is 1.00. The monoisotopic (exact) mass is 386 g/mol. The van der Waals surface area contributed by atoms with E-state index < -0.39 is 20.2 Å². The van der Waals surface area contributed by atoms with Gasteiger partial charge in [0.2, 0.25) is 0 Å². The zero-order valence-corrected chi connectivity index (χ0v) is 19.1. The Morgan fingerprint density at radius 3 is 1.25 bits per heavy atom. The molecule has 114 valence electrons. The van der Waals surface area contributed by atoms with Gasteiger partial charge in [0.15, 0.2) is 0 Å². The van der Waals surface area contributed by atoms with Crippen LogP contribution < -0.4 is 59.1 Å². The third-order valence-electron chi connectivity index (χ3n) is 1.84. The van der Waals surface area contributed by atoms with E-state index in [2.05, 4.69) is 0 Å². The van der Waals surface area contributed by atoms with Crippen LogP contribution in [0, 0.1) is 0 Å². The summed E-state index contributed by atoms with van der Waals surface area (Å²) in [4.78, 5) is 0. The second-order valence-electron chi connectivity index (χ2n) is 3.63. The first-order valence-electron chi connectivity index (χ1n) is 5.35. The molecule has 20 heavy (non-hydrogen) atoms. The first-order valence-corrected chi connectivity index (χ1v) is 11.1. The molecule has 0 fully saturated rings. The Morgan fingerprint density at radius 2 is 1.00 bits per heavy atom. The van der Waals surface area contributed by atoms with E-state index in [9.17, 15) is 16.8 Å². The van der Waals surface area contributed by atoms with Gasteiger partial charge in [-0.05, 0) is 25.7 Å². The van der Waals surface area contributed by atoms with E-state index in [1.165, 1.54) is 0 Å². The van der Waals surface area contributed by atoms with Crippen molar-refractivity contribution in [2.24, 2.45) is 0 Å². The number of unbranched alkanes of at least 4 members (excludes halogenated alkanes) is 2. The minimum Gasteiger partial charge on any atom is -1.00 e. The first kappa shape index (κ1) is 27.4. The number of hydrogen-bond acceptors (Lipinski definition) is 6. The molecule has 0 aliphatic carbocycles. The van der Waals surface area contributed by atoms with Crippen LogP contribution in [0.25, 0.3) is 0 Å². The van der Waals surface area contributed by atoms with E-state index in [1.54, 1.807) is 21.6 Å². The smallest absolute Gasteiger partial charge is 1.00 e. The molecule has 0 rings (SSSR count). The van der Waals surface area contributed by atoms with Gasteiger partial charge in [-0.1, -0.05) is 21.6 Å². The topological polar surface area (TPSA) is 109 Å². The van der Waals surface area contributed by atoms with Gasteiger partial charge >= 0.3 is 59.1 Å². The van der Waals surface area contributed by atoms with Crippen molar-refractivity contribution in [3.8, 4) is 0 Å². The summed E-state index contributed by atoms with van der Waals surface area (Å²) in [7, 11) is -4.50. The summed E-state index contributed by atoms with van der Waals surface area (Å²) in [5.41, 5.74) is 0. The Balaban J connectivity index is -0.000000241. The van der Waals surface area contributed by atoms with Gasteiger partial charge in [-0.15, -0.1) is 0 Å². The molecule has 12 heteroatoms. The maximum absolute atomic E-state index is 10.4. The predicted molar refractivity (Wildman–Crippen MR) is 78.4 cm³/mol. The van der Waals surface area contributed by atoms with Gasteiger partial charge in [0.1, 0.15) is 0 Å². The van der Waals surface area contributed by atoms with Gasteiger partial charge in [-0.25, -0.2) is 0 Å². The van der Waals surface area contributed by atoms with Crippen molar-refractivity contribution in [2.45, 2.75) is 25.7 Å². The van der Waals surface area contributed by atoms with Gasteiger partial charge < -0.3 is 2.85 Å². The second-order valence-corrected chi connectivity index (χ2v) is 9.48. The van der Waals surface area contributed by atoms with Crippen molar-refractivity contribution in [3.05, 3.63) is 0 Å². The molecule has 6 nitrogen and oxygen atoms in total. The van der Waals surface area contributed by atoms with Crippen molar-refractivity contribution in [3.63, 3.8) is 0 Å². The average molecular weight is 386 g/mol. The van der Waals surface area contributed by atoms with Crippen molar-refractivity contribution >= 4 is 41.8 Å². The molecule has 0 aromatic rings. The molecule has 0 atom stereocenters. The molecule has 0 saturated carbocycles. The third kappa shape index (κ3) is 25.5. The maximum atomic E-state index is 10.4. The van der Waals surface area contributed by atoms with Crippen molar-refractivity contribution in [1.82, 2.24) is 0 Å². The van der Waals surface area contributed by atoms with Crippen LogP contribution in [0.2, 0.25) is 0 Å². The molecular weight excluding hydrogens is 366 g/mol. The van der Waals surface area contributed by atoms with Gasteiger partial charge in [-0.3, -0.25) is 9.11 Å². The second kappa shape index (κ2) is 15.1. The minimum atomic E-state index is -3.84. The Kier molecular flexibility index (Phi) is 20.6. The van der Waals surface area contributed by atoms with Gasteiger partial charge in [-0.2, -0.15) is 16.8 Å². The molecule has 0 aromatic heterocycles. The Labute approximate surface area is 176 Å². The minimum absolute atomic E-state index is 0. The Morgan fingerprint density at radius 1 is 0.700 bits per heavy atom. The predicted octanol–water partition coefficient (Wildman–Crippen LogP) is -4.06. The van der Waals surface area contributed by atoms with Crippen LogP contribution in [0.4, 0.5) is 0 Å². The molecule has 0 radical (unpaired) electrons. The van der Waals surface area contributed by atoms with E-state index in [0.717, 1.165) is 11.5 Å². The fourth-order valence-corrected chi connectivity index (χ4v) is 4.44. The number of hydrogen-bond donors (Lipinski definition) is 2. The van der Waals surface area contributed by atoms with Gasteiger partial charge in [0, 0.05) is 11.5 Å².